The van der Waals surface area contributed by atoms with Crippen LogP contribution in [-0.4, -0.2) is 82.7 Å². The molecule has 1 aromatic heterocycles. The Balaban J connectivity index is 1.50. The third-order valence-electron chi connectivity index (χ3n) is 14.6. The first-order valence-corrected chi connectivity index (χ1v) is 17.4. The lowest BCUT2D eigenvalue weighted by Gasteiger charge is -2.71. The molecule has 1 saturated heterocycles. The van der Waals surface area contributed by atoms with Crippen molar-refractivity contribution in [1.29, 1.82) is 0 Å². The molecule has 11 atom stereocenters. The van der Waals surface area contributed by atoms with Crippen LogP contribution >= 0.6 is 0 Å². The first-order valence-electron chi connectivity index (χ1n) is 17.4. The zero-order valence-corrected chi connectivity index (χ0v) is 29.2. The molecule has 0 unspecified atom stereocenters. The number of aromatic nitrogens is 4. The molecule has 1 aromatic rings. The Hall–Kier alpha value is -2.04. The maximum absolute atomic E-state index is 13.4. The smallest absolute Gasteiger partial charge is 0.307 e. The summed E-state index contributed by atoms with van der Waals surface area (Å²) in [7, 11) is 4.14. The summed E-state index contributed by atoms with van der Waals surface area (Å²) in [6.07, 6.45) is 7.96. The average Bonchev–Trinajstić information content (AvgIpc) is 3.39. The van der Waals surface area contributed by atoms with Crippen LogP contribution in [0.5, 0.6) is 0 Å². The van der Waals surface area contributed by atoms with Crippen molar-refractivity contribution in [2.45, 2.75) is 99.1 Å². The summed E-state index contributed by atoms with van der Waals surface area (Å²) < 4.78 is 13.7. The van der Waals surface area contributed by atoms with E-state index in [4.69, 9.17) is 15.2 Å². The van der Waals surface area contributed by atoms with Crippen molar-refractivity contribution in [3.63, 3.8) is 0 Å². The number of nitrogens with zero attached hydrogens (tertiary/aromatic N) is 5. The third-order valence-corrected chi connectivity index (χ3v) is 14.6. The summed E-state index contributed by atoms with van der Waals surface area (Å²) in [6, 6.07) is -0.129. The number of likely N-dealkylation sites (N-methyl/N-ethyl adjacent to an activating group) is 1. The van der Waals surface area contributed by atoms with Gasteiger partial charge in [-0.3, -0.25) is 4.79 Å². The number of nitrogens with two attached hydrogens (primary N) is 1. The molecule has 3 saturated carbocycles. The fraction of sp³-hybridized carbons (Fsp3) is 0.886. The van der Waals surface area contributed by atoms with Gasteiger partial charge < -0.3 is 25.2 Å². The molecule has 45 heavy (non-hydrogen) atoms. The molecule has 10 nitrogen and oxygen atoms in total. The van der Waals surface area contributed by atoms with E-state index in [0.29, 0.717) is 37.6 Å². The van der Waals surface area contributed by atoms with E-state index in [2.05, 4.69) is 88.9 Å². The van der Waals surface area contributed by atoms with Crippen LogP contribution in [0.4, 0.5) is 5.95 Å². The Morgan fingerprint density at radius 2 is 1.89 bits per heavy atom. The molecule has 4 fully saturated rings. The maximum Gasteiger partial charge on any atom is 0.307 e. The number of anilines is 1. The molecule has 5 aliphatic rings. The number of tetrazole rings is 1. The lowest BCUT2D eigenvalue weighted by molar-refractivity contribution is -0.253. The molecule has 252 valence electrons. The van der Waals surface area contributed by atoms with Gasteiger partial charge in [0.15, 0.2) is 0 Å². The monoisotopic (exact) mass is 626 g/mol. The van der Waals surface area contributed by atoms with Crippen LogP contribution in [0.15, 0.2) is 11.6 Å². The number of aliphatic carboxylic acids is 1. The number of fused-ring (bicyclic) bond motifs is 3. The number of nitrogen functional groups attached to an aromatic ring is 1. The number of carboxylic acid groups (broad SMARTS) is 1. The SMILES string of the molecule is CC(C)[C@@H](C)[C@@]1(C)CC[C@]2(C)[C@H]3CC[C@@H]4[C@@]5(C)COC[C@@]4(C3=CC[C@@]2(C)[C@@H]1C(=O)O)[C@@H](OCCN(C)C)[C@H](n1nnc(N)n1)C5. The normalized spacial score (nSPS) is 45.0. The topological polar surface area (TPSA) is 129 Å². The molecular formula is C35H58N6O4. The van der Waals surface area contributed by atoms with E-state index in [9.17, 15) is 9.90 Å². The minimum absolute atomic E-state index is 0.0817. The van der Waals surface area contributed by atoms with Gasteiger partial charge in [0.1, 0.15) is 6.04 Å². The van der Waals surface area contributed by atoms with Gasteiger partial charge in [0, 0.05) is 12.0 Å². The molecule has 0 spiro atoms. The lowest BCUT2D eigenvalue weighted by Crippen LogP contribution is -2.70. The second-order valence-electron chi connectivity index (χ2n) is 17.2. The van der Waals surface area contributed by atoms with Crippen molar-refractivity contribution in [2.24, 2.45) is 56.7 Å². The van der Waals surface area contributed by atoms with Gasteiger partial charge in [-0.05, 0) is 103 Å². The van der Waals surface area contributed by atoms with Crippen LogP contribution in [-0.2, 0) is 14.3 Å². The van der Waals surface area contributed by atoms with E-state index >= 15 is 0 Å². The van der Waals surface area contributed by atoms with E-state index in [1.54, 1.807) is 4.80 Å². The van der Waals surface area contributed by atoms with Crippen LogP contribution in [0.1, 0.15) is 93.0 Å². The zero-order chi connectivity index (χ0) is 32.7. The molecular weight excluding hydrogens is 568 g/mol. The average molecular weight is 627 g/mol. The standard InChI is InChI=1S/C35H58N6O4/c1-21(2)22(3)32(5)14-15-33(6)23-10-11-26-31(4)18-25(41-38-30(36)37-39-41)28(45-17-16-40(8)9)35(26,20-44-19-31)24(23)12-13-34(33,7)27(32)29(42)43/h12,21-23,25-28H,10-11,13-20H2,1-9H3,(H2,36,38)(H,42,43)/t22-,23+,25-,26-,27-,28+,31-,32-,33-,34+,35+/m1/s1. The van der Waals surface area contributed by atoms with Crippen LogP contribution in [0.2, 0.25) is 0 Å². The summed E-state index contributed by atoms with van der Waals surface area (Å²) >= 11 is 0. The van der Waals surface area contributed by atoms with Crippen molar-refractivity contribution in [2.75, 3.05) is 46.2 Å². The molecule has 3 N–H and O–H groups in total. The van der Waals surface area contributed by atoms with Crippen molar-refractivity contribution in [3.05, 3.63) is 11.6 Å². The highest BCUT2D eigenvalue weighted by Crippen LogP contribution is 2.75. The summed E-state index contributed by atoms with van der Waals surface area (Å²) in [6.45, 7) is 18.9. The van der Waals surface area contributed by atoms with Crippen LogP contribution < -0.4 is 5.73 Å². The van der Waals surface area contributed by atoms with Gasteiger partial charge in [-0.15, -0.1) is 5.10 Å². The van der Waals surface area contributed by atoms with E-state index < -0.39 is 11.9 Å². The Kier molecular flexibility index (Phi) is 8.05. The van der Waals surface area contributed by atoms with Crippen LogP contribution in [0.25, 0.3) is 0 Å². The first kappa shape index (κ1) is 32.9. The fourth-order valence-electron chi connectivity index (χ4n) is 11.8. The number of hydrogen-bond donors (Lipinski definition) is 2. The molecule has 0 radical (unpaired) electrons. The highest BCUT2D eigenvalue weighted by molar-refractivity contribution is 5.73. The number of carbonyl (C=O) groups is 1. The molecule has 0 aromatic carbocycles. The van der Waals surface area contributed by atoms with Gasteiger partial charge in [-0.25, -0.2) is 0 Å². The summed E-state index contributed by atoms with van der Waals surface area (Å²) in [4.78, 5) is 17.3. The van der Waals surface area contributed by atoms with E-state index in [0.717, 1.165) is 45.1 Å². The predicted molar refractivity (Wildman–Crippen MR) is 173 cm³/mol. The number of carboxylic acids is 1. The highest BCUT2D eigenvalue weighted by atomic mass is 16.5. The summed E-state index contributed by atoms with van der Waals surface area (Å²) in [5.41, 5.74) is 6.22. The lowest BCUT2D eigenvalue weighted by atomic mass is 9.34. The van der Waals surface area contributed by atoms with Crippen molar-refractivity contribution >= 4 is 11.9 Å². The number of hydrogen-bond acceptors (Lipinski definition) is 8. The van der Waals surface area contributed by atoms with Gasteiger partial charge in [0.2, 0.25) is 0 Å². The second kappa shape index (κ2) is 11.0. The largest absolute Gasteiger partial charge is 0.481 e. The van der Waals surface area contributed by atoms with Crippen molar-refractivity contribution in [3.8, 4) is 0 Å². The first-order chi connectivity index (χ1) is 21.0. The highest BCUT2D eigenvalue weighted by Gasteiger charge is 2.72. The summed E-state index contributed by atoms with van der Waals surface area (Å²) in [5, 5.41) is 24.1. The second-order valence-corrected chi connectivity index (χ2v) is 17.2. The Morgan fingerprint density at radius 3 is 2.51 bits per heavy atom. The maximum atomic E-state index is 13.4. The molecule has 6 rings (SSSR count). The van der Waals surface area contributed by atoms with Gasteiger partial charge in [-0.1, -0.05) is 65.2 Å². The molecule has 1 aliphatic heterocycles. The van der Waals surface area contributed by atoms with Gasteiger partial charge >= 0.3 is 5.97 Å². The van der Waals surface area contributed by atoms with Crippen molar-refractivity contribution in [1.82, 2.24) is 25.1 Å². The number of rotatable bonds is 8. The van der Waals surface area contributed by atoms with Gasteiger partial charge in [0.05, 0.1) is 31.8 Å². The molecule has 0 amide bonds. The Morgan fingerprint density at radius 1 is 1.16 bits per heavy atom. The third kappa shape index (κ3) is 4.58. The molecule has 4 aliphatic carbocycles. The minimum Gasteiger partial charge on any atom is -0.481 e. The Bertz CT molecular complexity index is 1330. The van der Waals surface area contributed by atoms with Crippen LogP contribution in [0, 0.1) is 56.7 Å². The van der Waals surface area contributed by atoms with E-state index in [-0.39, 0.29) is 51.1 Å². The zero-order valence-electron chi connectivity index (χ0n) is 29.2. The van der Waals surface area contributed by atoms with Crippen LogP contribution in [0.3, 0.4) is 0 Å². The van der Waals surface area contributed by atoms with Crippen molar-refractivity contribution < 1.29 is 19.4 Å². The molecule has 10 heteroatoms. The predicted octanol–water partition coefficient (Wildman–Crippen LogP) is 5.33. The van der Waals surface area contributed by atoms with E-state index in [1.165, 1.54) is 5.57 Å². The minimum atomic E-state index is -0.631. The number of ether oxygens (including phenoxy) is 2. The fourth-order valence-corrected chi connectivity index (χ4v) is 11.8. The Labute approximate surface area is 269 Å². The molecule has 2 bridgehead atoms. The molecule has 2 heterocycles. The van der Waals surface area contributed by atoms with Gasteiger partial charge in [0.25, 0.3) is 5.95 Å². The van der Waals surface area contributed by atoms with E-state index in [1.807, 2.05) is 0 Å². The summed E-state index contributed by atoms with van der Waals surface area (Å²) in [5.74, 6) is 0.500. The number of allylic oxidation sites excluding steroid dienone is 1. The quantitative estimate of drug-likeness (QED) is 0.368. The van der Waals surface area contributed by atoms with Gasteiger partial charge in [-0.2, -0.15) is 4.80 Å².